The van der Waals surface area contributed by atoms with Crippen molar-refractivity contribution in [2.75, 3.05) is 19.6 Å². The molecular formula is C14H20ClN3O2. The Hall–Kier alpha value is -1.59. The van der Waals surface area contributed by atoms with Crippen molar-refractivity contribution in [2.45, 2.75) is 13.0 Å². The molecule has 3 N–H and O–H groups in total. The maximum atomic E-state index is 11.9. The first-order chi connectivity index (χ1) is 9.16. The summed E-state index contributed by atoms with van der Waals surface area (Å²) in [5.41, 5.74) is 0.561. The highest BCUT2D eigenvalue weighted by atomic mass is 35.5. The third-order valence-electron chi connectivity index (χ3n) is 3.21. The van der Waals surface area contributed by atoms with E-state index in [1.165, 1.54) is 0 Å². The number of carbonyl (C=O) groups is 2. The van der Waals surface area contributed by atoms with Gasteiger partial charge in [-0.05, 0) is 19.1 Å². The van der Waals surface area contributed by atoms with Crippen molar-refractivity contribution in [1.29, 1.82) is 0 Å². The molecule has 6 heteroatoms. The van der Waals surface area contributed by atoms with Gasteiger partial charge in [-0.2, -0.15) is 0 Å². The Morgan fingerprint density at radius 2 is 1.95 bits per heavy atom. The summed E-state index contributed by atoms with van der Waals surface area (Å²) in [6.07, 6.45) is 0. The fraction of sp³-hybridized carbons (Fsp3) is 0.429. The molecule has 1 saturated heterocycles. The van der Waals surface area contributed by atoms with Crippen LogP contribution in [0.25, 0.3) is 0 Å². The quantitative estimate of drug-likeness (QED) is 0.744. The lowest BCUT2D eigenvalue weighted by atomic mass is 10.0. The van der Waals surface area contributed by atoms with Gasteiger partial charge in [-0.25, -0.2) is 0 Å². The predicted molar refractivity (Wildman–Crippen MR) is 80.0 cm³/mol. The summed E-state index contributed by atoms with van der Waals surface area (Å²) < 4.78 is 0. The molecule has 0 spiro atoms. The van der Waals surface area contributed by atoms with E-state index >= 15 is 0 Å². The molecule has 0 saturated carbocycles. The molecule has 1 unspecified atom stereocenters. The molecule has 0 radical (unpaired) electrons. The lowest BCUT2D eigenvalue weighted by Crippen LogP contribution is -2.51. The molecule has 0 aromatic heterocycles. The summed E-state index contributed by atoms with van der Waals surface area (Å²) >= 11 is 0. The van der Waals surface area contributed by atoms with Gasteiger partial charge in [0, 0.05) is 31.1 Å². The summed E-state index contributed by atoms with van der Waals surface area (Å²) in [6.45, 7) is 4.25. The van der Waals surface area contributed by atoms with Crippen molar-refractivity contribution >= 4 is 24.2 Å². The summed E-state index contributed by atoms with van der Waals surface area (Å²) in [4.78, 5) is 23.7. The number of halogens is 1. The van der Waals surface area contributed by atoms with Crippen LogP contribution in [0.5, 0.6) is 0 Å². The largest absolute Gasteiger partial charge is 0.354 e. The SMILES string of the molecule is CC(NC(=O)c1ccccc1)C(=O)NCC1CNC1.Cl. The summed E-state index contributed by atoms with van der Waals surface area (Å²) in [5.74, 6) is 0.144. The van der Waals surface area contributed by atoms with Crippen LogP contribution in [0.3, 0.4) is 0 Å². The number of benzene rings is 1. The van der Waals surface area contributed by atoms with Gasteiger partial charge in [-0.1, -0.05) is 18.2 Å². The topological polar surface area (TPSA) is 70.2 Å². The summed E-state index contributed by atoms with van der Waals surface area (Å²) in [7, 11) is 0. The lowest BCUT2D eigenvalue weighted by Gasteiger charge is -2.27. The van der Waals surface area contributed by atoms with E-state index in [1.807, 2.05) is 6.07 Å². The van der Waals surface area contributed by atoms with Crippen LogP contribution in [0.4, 0.5) is 0 Å². The monoisotopic (exact) mass is 297 g/mol. The van der Waals surface area contributed by atoms with Gasteiger partial charge in [-0.3, -0.25) is 9.59 Å². The van der Waals surface area contributed by atoms with Gasteiger partial charge in [0.1, 0.15) is 6.04 Å². The molecule has 1 atom stereocenters. The van der Waals surface area contributed by atoms with Crippen LogP contribution in [0, 0.1) is 5.92 Å². The Balaban J connectivity index is 0.00000200. The van der Waals surface area contributed by atoms with E-state index in [2.05, 4.69) is 16.0 Å². The lowest BCUT2D eigenvalue weighted by molar-refractivity contribution is -0.122. The van der Waals surface area contributed by atoms with Crippen molar-refractivity contribution in [3.63, 3.8) is 0 Å². The molecule has 1 aliphatic rings. The Labute approximate surface area is 124 Å². The fourth-order valence-electron chi connectivity index (χ4n) is 1.83. The van der Waals surface area contributed by atoms with Gasteiger partial charge in [-0.15, -0.1) is 12.4 Å². The highest BCUT2D eigenvalue weighted by molar-refractivity contribution is 5.97. The number of carbonyl (C=O) groups excluding carboxylic acids is 2. The molecule has 1 fully saturated rings. The number of amides is 2. The number of hydrogen-bond acceptors (Lipinski definition) is 3. The molecule has 1 aromatic rings. The molecule has 20 heavy (non-hydrogen) atoms. The maximum absolute atomic E-state index is 11.9. The molecular weight excluding hydrogens is 278 g/mol. The Kier molecular flexibility index (Phi) is 6.48. The smallest absolute Gasteiger partial charge is 0.251 e. The van der Waals surface area contributed by atoms with Crippen LogP contribution in [0.15, 0.2) is 30.3 Å². The van der Waals surface area contributed by atoms with Crippen molar-refractivity contribution in [3.8, 4) is 0 Å². The second-order valence-corrected chi connectivity index (χ2v) is 4.83. The van der Waals surface area contributed by atoms with E-state index in [0.29, 0.717) is 18.0 Å². The van der Waals surface area contributed by atoms with E-state index in [1.54, 1.807) is 31.2 Å². The van der Waals surface area contributed by atoms with Gasteiger partial charge in [0.2, 0.25) is 5.91 Å². The molecule has 1 heterocycles. The minimum Gasteiger partial charge on any atom is -0.354 e. The molecule has 0 aliphatic carbocycles. The third-order valence-corrected chi connectivity index (χ3v) is 3.21. The Bertz CT molecular complexity index is 449. The first-order valence-electron chi connectivity index (χ1n) is 6.51. The van der Waals surface area contributed by atoms with E-state index in [9.17, 15) is 9.59 Å². The minimum atomic E-state index is -0.527. The highest BCUT2D eigenvalue weighted by Crippen LogP contribution is 2.01. The number of rotatable bonds is 5. The zero-order chi connectivity index (χ0) is 13.7. The maximum Gasteiger partial charge on any atom is 0.251 e. The second kappa shape index (κ2) is 7.87. The van der Waals surface area contributed by atoms with E-state index in [-0.39, 0.29) is 24.2 Å². The standard InChI is InChI=1S/C14H19N3O2.ClH/c1-10(13(18)16-9-11-7-15-8-11)17-14(19)12-5-3-2-4-6-12;/h2-6,10-11,15H,7-9H2,1H3,(H,16,18)(H,17,19);1H. The van der Waals surface area contributed by atoms with Crippen LogP contribution >= 0.6 is 12.4 Å². The second-order valence-electron chi connectivity index (χ2n) is 4.83. The molecule has 2 rings (SSSR count). The van der Waals surface area contributed by atoms with E-state index in [4.69, 9.17) is 0 Å². The normalized spacial score (nSPS) is 15.4. The van der Waals surface area contributed by atoms with Gasteiger partial charge < -0.3 is 16.0 Å². The zero-order valence-corrected chi connectivity index (χ0v) is 12.2. The van der Waals surface area contributed by atoms with Crippen LogP contribution in [0.2, 0.25) is 0 Å². The highest BCUT2D eigenvalue weighted by Gasteiger charge is 2.20. The van der Waals surface area contributed by atoms with Crippen LogP contribution in [0.1, 0.15) is 17.3 Å². The van der Waals surface area contributed by atoms with Crippen LogP contribution < -0.4 is 16.0 Å². The van der Waals surface area contributed by atoms with Gasteiger partial charge in [0.25, 0.3) is 5.91 Å². The van der Waals surface area contributed by atoms with Gasteiger partial charge in [0.05, 0.1) is 0 Å². The number of hydrogen-bond donors (Lipinski definition) is 3. The minimum absolute atomic E-state index is 0. The molecule has 110 valence electrons. The van der Waals surface area contributed by atoms with Crippen LogP contribution in [-0.2, 0) is 4.79 Å². The van der Waals surface area contributed by atoms with Crippen molar-refractivity contribution in [1.82, 2.24) is 16.0 Å². The molecule has 1 aromatic carbocycles. The first-order valence-corrected chi connectivity index (χ1v) is 6.51. The Morgan fingerprint density at radius 1 is 1.30 bits per heavy atom. The zero-order valence-electron chi connectivity index (χ0n) is 11.4. The Morgan fingerprint density at radius 3 is 2.50 bits per heavy atom. The molecule has 5 nitrogen and oxygen atoms in total. The van der Waals surface area contributed by atoms with Crippen molar-refractivity contribution in [2.24, 2.45) is 5.92 Å². The van der Waals surface area contributed by atoms with Gasteiger partial charge in [0.15, 0.2) is 0 Å². The predicted octanol–water partition coefficient (Wildman–Crippen LogP) is 0.562. The number of nitrogens with one attached hydrogen (secondary N) is 3. The van der Waals surface area contributed by atoms with Crippen LogP contribution in [-0.4, -0.2) is 37.5 Å². The molecule has 1 aliphatic heterocycles. The molecule has 0 bridgehead atoms. The van der Waals surface area contributed by atoms with Crippen molar-refractivity contribution in [3.05, 3.63) is 35.9 Å². The fourth-order valence-corrected chi connectivity index (χ4v) is 1.83. The summed E-state index contributed by atoms with van der Waals surface area (Å²) in [5, 5.41) is 8.68. The first kappa shape index (κ1) is 16.5. The van der Waals surface area contributed by atoms with Gasteiger partial charge >= 0.3 is 0 Å². The van der Waals surface area contributed by atoms with Crippen molar-refractivity contribution < 1.29 is 9.59 Å². The van der Waals surface area contributed by atoms with E-state index < -0.39 is 6.04 Å². The summed E-state index contributed by atoms with van der Waals surface area (Å²) in [6, 6.07) is 8.35. The third kappa shape index (κ3) is 4.51. The average molecular weight is 298 g/mol. The average Bonchev–Trinajstić information content (AvgIpc) is 2.37. The van der Waals surface area contributed by atoms with E-state index in [0.717, 1.165) is 13.1 Å². The molecule has 2 amide bonds.